The van der Waals surface area contributed by atoms with Crippen LogP contribution in [0.15, 0.2) is 66.7 Å². The first-order valence-corrected chi connectivity index (χ1v) is 13.4. The van der Waals surface area contributed by atoms with Crippen LogP contribution in [0.1, 0.15) is 29.5 Å². The van der Waals surface area contributed by atoms with Gasteiger partial charge in [-0.05, 0) is 77.5 Å². The fourth-order valence-corrected chi connectivity index (χ4v) is 4.68. The van der Waals surface area contributed by atoms with E-state index in [2.05, 4.69) is 34.5 Å². The van der Waals surface area contributed by atoms with Gasteiger partial charge in [-0.1, -0.05) is 42.5 Å². The van der Waals surface area contributed by atoms with E-state index in [4.69, 9.17) is 4.18 Å². The zero-order valence-electron chi connectivity index (χ0n) is 19.4. The number of fused-ring (bicyclic) bond motifs is 2. The first-order valence-electron chi connectivity index (χ1n) is 11.5. The average molecular weight is 479 g/mol. The van der Waals surface area contributed by atoms with E-state index in [0.29, 0.717) is 12.3 Å². The lowest BCUT2D eigenvalue weighted by Gasteiger charge is -2.29. The van der Waals surface area contributed by atoms with Gasteiger partial charge in [-0.25, -0.2) is 0 Å². The molecule has 0 unspecified atom stereocenters. The number of carbonyl (C=O) groups excluding carboxylic acids is 1. The molecule has 1 aliphatic rings. The van der Waals surface area contributed by atoms with Crippen LogP contribution in [0.25, 0.3) is 16.8 Å². The minimum absolute atomic E-state index is 0.0848. The molecule has 0 atom stereocenters. The van der Waals surface area contributed by atoms with Gasteiger partial charge in [0.25, 0.3) is 0 Å². The van der Waals surface area contributed by atoms with Gasteiger partial charge in [0.05, 0.1) is 6.26 Å². The third kappa shape index (κ3) is 6.92. The molecule has 1 amide bonds. The SMILES string of the molecule is CS(=O)(=O)Oc1ccc2c(c1)CN(CCCCNC(=O)/C=C/c1ccc3ccccc3c1)CC2. The van der Waals surface area contributed by atoms with E-state index in [1.807, 2.05) is 36.4 Å². The summed E-state index contributed by atoms with van der Waals surface area (Å²) in [6.07, 6.45) is 7.29. The van der Waals surface area contributed by atoms with Crippen molar-refractivity contribution in [1.29, 1.82) is 0 Å². The Labute approximate surface area is 201 Å². The van der Waals surface area contributed by atoms with Crippen LogP contribution in [0.2, 0.25) is 0 Å². The molecular weight excluding hydrogens is 448 g/mol. The van der Waals surface area contributed by atoms with Crippen molar-refractivity contribution in [3.8, 4) is 5.75 Å². The molecule has 0 saturated carbocycles. The first-order chi connectivity index (χ1) is 16.4. The molecule has 0 fully saturated rings. The number of amides is 1. The van der Waals surface area contributed by atoms with Crippen LogP contribution in [0.4, 0.5) is 0 Å². The standard InChI is InChI=1S/C27H30N2O4S/c1-34(31,32)33-26-12-11-23-14-17-29(20-25(23)19-26)16-5-4-15-28-27(30)13-9-21-8-10-22-6-2-3-7-24(22)18-21/h2-3,6-13,18-19H,4-5,14-17,20H2,1H3,(H,28,30)/b13-9+. The summed E-state index contributed by atoms with van der Waals surface area (Å²) in [6, 6.07) is 19.8. The van der Waals surface area contributed by atoms with E-state index in [1.165, 1.54) is 10.9 Å². The van der Waals surface area contributed by atoms with Gasteiger partial charge >= 0.3 is 10.1 Å². The average Bonchev–Trinajstić information content (AvgIpc) is 2.81. The fraction of sp³-hybridized carbons (Fsp3) is 0.296. The van der Waals surface area contributed by atoms with E-state index in [1.54, 1.807) is 12.1 Å². The van der Waals surface area contributed by atoms with Gasteiger partial charge in [-0.15, -0.1) is 0 Å². The second kappa shape index (κ2) is 10.8. The van der Waals surface area contributed by atoms with Crippen LogP contribution in [0.5, 0.6) is 5.75 Å². The molecule has 3 aromatic carbocycles. The van der Waals surface area contributed by atoms with Gasteiger partial charge in [0.15, 0.2) is 0 Å². The Kier molecular flexibility index (Phi) is 7.65. The van der Waals surface area contributed by atoms with Gasteiger partial charge in [-0.2, -0.15) is 8.42 Å². The van der Waals surface area contributed by atoms with E-state index in [-0.39, 0.29) is 5.91 Å². The number of nitrogens with one attached hydrogen (secondary N) is 1. The smallest absolute Gasteiger partial charge is 0.306 e. The van der Waals surface area contributed by atoms with Gasteiger partial charge < -0.3 is 9.50 Å². The molecule has 34 heavy (non-hydrogen) atoms. The van der Waals surface area contributed by atoms with Crippen molar-refractivity contribution >= 4 is 32.9 Å². The topological polar surface area (TPSA) is 75.7 Å². The van der Waals surface area contributed by atoms with Crippen LogP contribution in [-0.4, -0.2) is 45.1 Å². The van der Waals surface area contributed by atoms with E-state index >= 15 is 0 Å². The van der Waals surface area contributed by atoms with E-state index in [9.17, 15) is 13.2 Å². The zero-order valence-corrected chi connectivity index (χ0v) is 20.2. The highest BCUT2D eigenvalue weighted by atomic mass is 32.2. The third-order valence-electron chi connectivity index (χ3n) is 5.92. The number of benzene rings is 3. The molecule has 1 aliphatic heterocycles. The summed E-state index contributed by atoms with van der Waals surface area (Å²) in [5, 5.41) is 5.30. The van der Waals surface area contributed by atoms with Crippen molar-refractivity contribution in [3.63, 3.8) is 0 Å². The number of hydrogen-bond donors (Lipinski definition) is 1. The van der Waals surface area contributed by atoms with Crippen molar-refractivity contribution in [2.75, 3.05) is 25.9 Å². The third-order valence-corrected chi connectivity index (χ3v) is 6.41. The highest BCUT2D eigenvalue weighted by Gasteiger charge is 2.17. The second-order valence-electron chi connectivity index (χ2n) is 8.68. The molecule has 0 bridgehead atoms. The van der Waals surface area contributed by atoms with Crippen LogP contribution in [0, 0.1) is 0 Å². The molecule has 1 heterocycles. The Balaban J connectivity index is 1.18. The summed E-state index contributed by atoms with van der Waals surface area (Å²) >= 11 is 0. The lowest BCUT2D eigenvalue weighted by molar-refractivity contribution is -0.116. The largest absolute Gasteiger partial charge is 0.383 e. The second-order valence-corrected chi connectivity index (χ2v) is 10.3. The van der Waals surface area contributed by atoms with Gasteiger partial charge in [0.2, 0.25) is 5.91 Å². The Hall–Kier alpha value is -3.16. The number of hydrogen-bond acceptors (Lipinski definition) is 5. The van der Waals surface area contributed by atoms with Crippen LogP contribution >= 0.6 is 0 Å². The normalized spacial score (nSPS) is 14.3. The maximum Gasteiger partial charge on any atom is 0.306 e. The van der Waals surface area contributed by atoms with Gasteiger partial charge in [0.1, 0.15) is 5.75 Å². The van der Waals surface area contributed by atoms with Crippen molar-refractivity contribution in [2.45, 2.75) is 25.8 Å². The number of unbranched alkanes of at least 4 members (excludes halogenated alkanes) is 1. The molecule has 0 aromatic heterocycles. The quantitative estimate of drug-likeness (QED) is 0.284. The fourth-order valence-electron chi connectivity index (χ4n) is 4.22. The van der Waals surface area contributed by atoms with E-state index < -0.39 is 10.1 Å². The van der Waals surface area contributed by atoms with Gasteiger partial charge in [0, 0.05) is 25.7 Å². The van der Waals surface area contributed by atoms with Crippen LogP contribution < -0.4 is 9.50 Å². The summed E-state index contributed by atoms with van der Waals surface area (Å²) in [4.78, 5) is 14.5. The minimum atomic E-state index is -3.53. The predicted octanol–water partition coefficient (Wildman–Crippen LogP) is 4.15. The summed E-state index contributed by atoms with van der Waals surface area (Å²) < 4.78 is 27.8. The predicted molar refractivity (Wildman–Crippen MR) is 136 cm³/mol. The highest BCUT2D eigenvalue weighted by Crippen LogP contribution is 2.25. The summed E-state index contributed by atoms with van der Waals surface area (Å²) in [5.74, 6) is 0.279. The summed E-state index contributed by atoms with van der Waals surface area (Å²) in [6.45, 7) is 3.31. The van der Waals surface area contributed by atoms with Crippen molar-refractivity contribution < 1.29 is 17.4 Å². The maximum atomic E-state index is 12.2. The number of rotatable bonds is 9. The molecule has 0 saturated heterocycles. The molecule has 7 heteroatoms. The minimum Gasteiger partial charge on any atom is -0.383 e. The van der Waals surface area contributed by atoms with E-state index in [0.717, 1.165) is 61.7 Å². The molecular formula is C27H30N2O4S. The highest BCUT2D eigenvalue weighted by molar-refractivity contribution is 7.86. The zero-order chi connectivity index (χ0) is 24.0. The molecule has 0 spiro atoms. The molecule has 4 rings (SSSR count). The maximum absolute atomic E-state index is 12.2. The molecule has 1 N–H and O–H groups in total. The monoisotopic (exact) mass is 478 g/mol. The molecule has 0 radical (unpaired) electrons. The molecule has 6 nitrogen and oxygen atoms in total. The number of nitrogens with zero attached hydrogens (tertiary/aromatic N) is 1. The Morgan fingerprint density at radius 2 is 1.85 bits per heavy atom. The molecule has 178 valence electrons. The Bertz CT molecular complexity index is 1300. The molecule has 3 aromatic rings. The summed E-state index contributed by atoms with van der Waals surface area (Å²) in [5.41, 5.74) is 3.35. The van der Waals surface area contributed by atoms with Crippen molar-refractivity contribution in [1.82, 2.24) is 10.2 Å². The van der Waals surface area contributed by atoms with Gasteiger partial charge in [-0.3, -0.25) is 9.69 Å². The number of carbonyl (C=O) groups is 1. The Morgan fingerprint density at radius 3 is 2.68 bits per heavy atom. The van der Waals surface area contributed by atoms with Crippen LogP contribution in [-0.2, 0) is 27.9 Å². The Morgan fingerprint density at radius 1 is 1.03 bits per heavy atom. The summed E-state index contributed by atoms with van der Waals surface area (Å²) in [7, 11) is -3.53. The molecule has 0 aliphatic carbocycles. The van der Waals surface area contributed by atoms with Crippen LogP contribution in [0.3, 0.4) is 0 Å². The van der Waals surface area contributed by atoms with Crippen molar-refractivity contribution in [2.24, 2.45) is 0 Å². The lowest BCUT2D eigenvalue weighted by Crippen LogP contribution is -2.32. The van der Waals surface area contributed by atoms with Crippen molar-refractivity contribution in [3.05, 3.63) is 83.4 Å². The first kappa shape index (κ1) is 24.0. The lowest BCUT2D eigenvalue weighted by atomic mass is 9.99.